The van der Waals surface area contributed by atoms with E-state index < -0.39 is 6.04 Å². The van der Waals surface area contributed by atoms with Crippen LogP contribution in [0.4, 0.5) is 5.69 Å². The van der Waals surface area contributed by atoms with Crippen LogP contribution in [0.1, 0.15) is 28.7 Å². The predicted octanol–water partition coefficient (Wildman–Crippen LogP) is 5.09. The Bertz CT molecular complexity index is 1300. The molecule has 0 aliphatic heterocycles. The molecule has 1 heterocycles. The fourth-order valence-electron chi connectivity index (χ4n) is 4.27. The number of ether oxygens (including phenoxy) is 1. The van der Waals surface area contributed by atoms with Crippen LogP contribution in [0.5, 0.6) is 5.75 Å². The fraction of sp³-hybridized carbons (Fsp3) is 0.241. The molecule has 0 aliphatic rings. The molecule has 1 atom stereocenters. The number of hydrogen-bond acceptors (Lipinski definition) is 3. The van der Waals surface area contributed by atoms with Gasteiger partial charge in [0.05, 0.1) is 7.11 Å². The van der Waals surface area contributed by atoms with Gasteiger partial charge < -0.3 is 20.4 Å². The largest absolute Gasteiger partial charge is 0.497 e. The van der Waals surface area contributed by atoms with Gasteiger partial charge in [-0.25, -0.2) is 0 Å². The molecule has 35 heavy (non-hydrogen) atoms. The van der Waals surface area contributed by atoms with Crippen molar-refractivity contribution in [2.45, 2.75) is 39.2 Å². The summed E-state index contributed by atoms with van der Waals surface area (Å²) in [6, 6.07) is 20.8. The number of fused-ring (bicyclic) bond motifs is 1. The minimum Gasteiger partial charge on any atom is -0.497 e. The van der Waals surface area contributed by atoms with Gasteiger partial charge >= 0.3 is 0 Å². The number of nitrogens with one attached hydrogen (secondary N) is 3. The van der Waals surface area contributed by atoms with E-state index >= 15 is 0 Å². The number of anilines is 1. The highest BCUT2D eigenvalue weighted by molar-refractivity contribution is 5.99. The van der Waals surface area contributed by atoms with Gasteiger partial charge in [-0.1, -0.05) is 48.5 Å². The smallest absolute Gasteiger partial charge is 0.247 e. The van der Waals surface area contributed by atoms with Gasteiger partial charge in [0, 0.05) is 35.6 Å². The van der Waals surface area contributed by atoms with E-state index in [9.17, 15) is 9.59 Å². The lowest BCUT2D eigenvalue weighted by Gasteiger charge is -2.20. The minimum atomic E-state index is -0.712. The molecule has 0 saturated heterocycles. The summed E-state index contributed by atoms with van der Waals surface area (Å²) in [7, 11) is 1.62. The third kappa shape index (κ3) is 5.90. The quantitative estimate of drug-likeness (QED) is 0.319. The predicted molar refractivity (Wildman–Crippen MR) is 140 cm³/mol. The molecule has 4 rings (SSSR count). The molecule has 6 nitrogen and oxygen atoms in total. The molecule has 1 unspecified atom stereocenters. The van der Waals surface area contributed by atoms with E-state index in [1.54, 1.807) is 7.11 Å². The summed E-state index contributed by atoms with van der Waals surface area (Å²) in [5.74, 6) is 0.382. The topological polar surface area (TPSA) is 83.2 Å². The fourth-order valence-corrected chi connectivity index (χ4v) is 4.27. The zero-order valence-corrected chi connectivity index (χ0v) is 20.4. The summed E-state index contributed by atoms with van der Waals surface area (Å²) in [6.45, 7) is 3.93. The molecule has 3 N–H and O–H groups in total. The maximum absolute atomic E-state index is 13.4. The molecule has 0 radical (unpaired) electrons. The standard InChI is InChI=1S/C29H31N3O3/c1-19-7-6-8-20(2)28(19)32-29(34)26(17-22-18-30-25-10-5-4-9-24(22)25)31-27(33)16-13-21-11-14-23(35-3)15-12-21/h4-12,14-15,18,26,30H,13,16-17H2,1-3H3,(H,31,33)(H,32,34). The normalized spacial score (nSPS) is 11.7. The van der Waals surface area contributed by atoms with Crippen LogP contribution in [0.2, 0.25) is 0 Å². The Morgan fingerprint density at radius 3 is 2.37 bits per heavy atom. The van der Waals surface area contributed by atoms with Gasteiger partial charge in [-0.3, -0.25) is 9.59 Å². The Morgan fingerprint density at radius 1 is 0.943 bits per heavy atom. The third-order valence-electron chi connectivity index (χ3n) is 6.28. The number of aryl methyl sites for hydroxylation is 3. The highest BCUT2D eigenvalue weighted by Gasteiger charge is 2.23. The van der Waals surface area contributed by atoms with Crippen LogP contribution in [0.25, 0.3) is 10.9 Å². The molecule has 1 aromatic heterocycles. The average molecular weight is 470 g/mol. The Kier molecular flexibility index (Phi) is 7.51. The first-order valence-electron chi connectivity index (χ1n) is 11.8. The number of para-hydroxylation sites is 2. The van der Waals surface area contributed by atoms with Crippen molar-refractivity contribution in [3.8, 4) is 5.75 Å². The van der Waals surface area contributed by atoms with E-state index in [2.05, 4.69) is 15.6 Å². The van der Waals surface area contributed by atoms with Crippen molar-refractivity contribution < 1.29 is 14.3 Å². The monoisotopic (exact) mass is 469 g/mol. The van der Waals surface area contributed by atoms with Gasteiger partial charge in [-0.05, 0) is 60.7 Å². The minimum absolute atomic E-state index is 0.165. The number of amides is 2. The third-order valence-corrected chi connectivity index (χ3v) is 6.28. The lowest BCUT2D eigenvalue weighted by Crippen LogP contribution is -2.45. The van der Waals surface area contributed by atoms with Crippen molar-refractivity contribution in [2.75, 3.05) is 12.4 Å². The van der Waals surface area contributed by atoms with Gasteiger partial charge in [0.25, 0.3) is 0 Å². The summed E-state index contributed by atoms with van der Waals surface area (Å²) in [5.41, 5.74) is 5.77. The second kappa shape index (κ2) is 10.9. The maximum Gasteiger partial charge on any atom is 0.247 e. The van der Waals surface area contributed by atoms with Crippen molar-refractivity contribution >= 4 is 28.4 Å². The first kappa shape index (κ1) is 24.1. The van der Waals surface area contributed by atoms with E-state index in [-0.39, 0.29) is 18.2 Å². The van der Waals surface area contributed by atoms with E-state index in [0.29, 0.717) is 12.8 Å². The van der Waals surface area contributed by atoms with Crippen LogP contribution in [-0.2, 0) is 22.4 Å². The summed E-state index contributed by atoms with van der Waals surface area (Å²) in [4.78, 5) is 29.6. The zero-order chi connectivity index (χ0) is 24.8. The number of H-pyrrole nitrogens is 1. The van der Waals surface area contributed by atoms with Crippen molar-refractivity contribution in [3.63, 3.8) is 0 Å². The van der Waals surface area contributed by atoms with Crippen LogP contribution in [0, 0.1) is 13.8 Å². The zero-order valence-electron chi connectivity index (χ0n) is 20.4. The molecule has 0 saturated carbocycles. The van der Waals surface area contributed by atoms with E-state index in [1.807, 2.05) is 86.8 Å². The van der Waals surface area contributed by atoms with E-state index in [4.69, 9.17) is 4.74 Å². The van der Waals surface area contributed by atoms with Gasteiger partial charge in [0.1, 0.15) is 11.8 Å². The van der Waals surface area contributed by atoms with Gasteiger partial charge in [0.15, 0.2) is 0 Å². The lowest BCUT2D eigenvalue weighted by atomic mass is 10.0. The Morgan fingerprint density at radius 2 is 1.66 bits per heavy atom. The molecular formula is C29H31N3O3. The molecule has 6 heteroatoms. The molecule has 3 aromatic carbocycles. The van der Waals surface area contributed by atoms with Gasteiger partial charge in [-0.2, -0.15) is 0 Å². The number of aromatic amines is 1. The Labute approximate surface area is 205 Å². The van der Waals surface area contributed by atoms with Crippen LogP contribution >= 0.6 is 0 Å². The van der Waals surface area contributed by atoms with Gasteiger partial charge in [0.2, 0.25) is 11.8 Å². The highest BCUT2D eigenvalue weighted by Crippen LogP contribution is 2.22. The second-order valence-corrected chi connectivity index (χ2v) is 8.79. The number of rotatable bonds is 9. The average Bonchev–Trinajstić information content (AvgIpc) is 3.27. The highest BCUT2D eigenvalue weighted by atomic mass is 16.5. The number of benzene rings is 3. The first-order valence-corrected chi connectivity index (χ1v) is 11.8. The van der Waals surface area contributed by atoms with Crippen molar-refractivity contribution in [1.29, 1.82) is 0 Å². The number of carbonyl (C=O) groups is 2. The van der Waals surface area contributed by atoms with E-state index in [1.165, 1.54) is 0 Å². The molecular weight excluding hydrogens is 438 g/mol. The van der Waals surface area contributed by atoms with Crippen molar-refractivity contribution in [3.05, 3.63) is 95.2 Å². The molecule has 4 aromatic rings. The molecule has 0 spiro atoms. The first-order chi connectivity index (χ1) is 16.9. The molecule has 180 valence electrons. The Balaban J connectivity index is 1.50. The number of methoxy groups -OCH3 is 1. The SMILES string of the molecule is COc1ccc(CCC(=O)NC(Cc2c[nH]c3ccccc23)C(=O)Nc2c(C)cccc2C)cc1. The summed E-state index contributed by atoms with van der Waals surface area (Å²) in [6.07, 6.45) is 3.16. The van der Waals surface area contributed by atoms with E-state index in [0.717, 1.165) is 44.6 Å². The summed E-state index contributed by atoms with van der Waals surface area (Å²) < 4.78 is 5.19. The maximum atomic E-state index is 13.4. The summed E-state index contributed by atoms with van der Waals surface area (Å²) in [5, 5.41) is 7.08. The second-order valence-electron chi connectivity index (χ2n) is 8.79. The van der Waals surface area contributed by atoms with Crippen LogP contribution in [0.3, 0.4) is 0 Å². The van der Waals surface area contributed by atoms with Crippen LogP contribution in [0.15, 0.2) is 72.9 Å². The number of hydrogen-bond donors (Lipinski definition) is 3. The number of aromatic nitrogens is 1. The molecule has 0 bridgehead atoms. The lowest BCUT2D eigenvalue weighted by molar-refractivity contribution is -0.126. The summed E-state index contributed by atoms with van der Waals surface area (Å²) >= 11 is 0. The molecule has 2 amide bonds. The Hall–Kier alpha value is -4.06. The van der Waals surface area contributed by atoms with Crippen molar-refractivity contribution in [2.24, 2.45) is 0 Å². The van der Waals surface area contributed by atoms with Crippen molar-refractivity contribution in [1.82, 2.24) is 10.3 Å². The van der Waals surface area contributed by atoms with Crippen LogP contribution < -0.4 is 15.4 Å². The van der Waals surface area contributed by atoms with Crippen LogP contribution in [-0.4, -0.2) is 29.9 Å². The molecule has 0 aliphatic carbocycles. The molecule has 0 fully saturated rings. The number of carbonyl (C=O) groups excluding carboxylic acids is 2. The van der Waals surface area contributed by atoms with Gasteiger partial charge in [-0.15, -0.1) is 0 Å².